The first kappa shape index (κ1) is 10.5. The van der Waals surface area contributed by atoms with Crippen LogP contribution in [0.5, 0.6) is 0 Å². The highest BCUT2D eigenvalue weighted by Gasteiger charge is 2.03. The van der Waals surface area contributed by atoms with E-state index >= 15 is 0 Å². The van der Waals surface area contributed by atoms with Crippen molar-refractivity contribution in [1.29, 1.82) is 0 Å². The van der Waals surface area contributed by atoms with E-state index in [2.05, 4.69) is 5.32 Å². The highest BCUT2D eigenvalue weighted by Crippen LogP contribution is 2.15. The summed E-state index contributed by atoms with van der Waals surface area (Å²) in [6.07, 6.45) is 0. The van der Waals surface area contributed by atoms with Crippen LogP contribution in [-0.4, -0.2) is 13.1 Å². The van der Waals surface area contributed by atoms with E-state index < -0.39 is 6.03 Å². The number of methoxy groups -OCH3 is 1. The number of nitrogens with one attached hydrogen (secondary N) is 2. The molecule has 1 aromatic carbocycles. The highest BCUT2D eigenvalue weighted by molar-refractivity contribution is 5.89. The van der Waals surface area contributed by atoms with Gasteiger partial charge in [0, 0.05) is 18.4 Å². The fourth-order valence-corrected chi connectivity index (χ4v) is 1.08. The number of hydrogen-bond donors (Lipinski definition) is 3. The van der Waals surface area contributed by atoms with Crippen molar-refractivity contribution >= 4 is 11.7 Å². The highest BCUT2D eigenvalue weighted by atomic mass is 16.5. The molecule has 0 atom stereocenters. The number of carbonyl (C=O) groups is 1. The van der Waals surface area contributed by atoms with Crippen molar-refractivity contribution in [2.24, 2.45) is 5.84 Å². The predicted molar refractivity (Wildman–Crippen MR) is 53.5 cm³/mol. The van der Waals surface area contributed by atoms with Crippen molar-refractivity contribution in [3.8, 4) is 0 Å². The van der Waals surface area contributed by atoms with Crippen molar-refractivity contribution in [2.75, 3.05) is 12.4 Å². The number of amides is 2. The van der Waals surface area contributed by atoms with Gasteiger partial charge in [0.2, 0.25) is 0 Å². The van der Waals surface area contributed by atoms with Gasteiger partial charge in [-0.2, -0.15) is 0 Å². The second-order valence-electron chi connectivity index (χ2n) is 2.69. The standard InChI is InChI=1S/C9H13N3O2/c1-14-6-7-4-2-3-5-8(7)11-9(13)12-10/h2-5H,6,10H2,1H3,(H2,11,12,13). The maximum Gasteiger partial charge on any atom is 0.333 e. The number of hydrazine groups is 1. The zero-order chi connectivity index (χ0) is 10.4. The Kier molecular flexibility index (Phi) is 3.90. The average Bonchev–Trinajstić information content (AvgIpc) is 2.21. The number of hydrogen-bond acceptors (Lipinski definition) is 3. The van der Waals surface area contributed by atoms with E-state index in [-0.39, 0.29) is 0 Å². The third kappa shape index (κ3) is 2.72. The Balaban J connectivity index is 2.78. The van der Waals surface area contributed by atoms with Crippen LogP contribution in [0.15, 0.2) is 24.3 Å². The topological polar surface area (TPSA) is 76.4 Å². The van der Waals surface area contributed by atoms with E-state index in [1.807, 2.05) is 23.6 Å². The van der Waals surface area contributed by atoms with Crippen LogP contribution in [0.3, 0.4) is 0 Å². The Morgan fingerprint density at radius 3 is 2.86 bits per heavy atom. The summed E-state index contributed by atoms with van der Waals surface area (Å²) >= 11 is 0. The summed E-state index contributed by atoms with van der Waals surface area (Å²) in [6.45, 7) is 0.445. The SMILES string of the molecule is COCc1ccccc1NC(=O)NN. The van der Waals surface area contributed by atoms with Crippen molar-refractivity contribution < 1.29 is 9.53 Å². The molecule has 5 nitrogen and oxygen atoms in total. The number of anilines is 1. The van der Waals surface area contributed by atoms with Gasteiger partial charge in [-0.15, -0.1) is 0 Å². The van der Waals surface area contributed by atoms with Crippen LogP contribution in [0.25, 0.3) is 0 Å². The maximum atomic E-state index is 10.9. The number of urea groups is 1. The van der Waals surface area contributed by atoms with Gasteiger partial charge in [-0.05, 0) is 6.07 Å². The summed E-state index contributed by atoms with van der Waals surface area (Å²) < 4.78 is 4.98. The number of ether oxygens (including phenoxy) is 1. The molecule has 14 heavy (non-hydrogen) atoms. The van der Waals surface area contributed by atoms with Crippen LogP contribution >= 0.6 is 0 Å². The summed E-state index contributed by atoms with van der Waals surface area (Å²) in [5, 5.41) is 2.59. The molecule has 4 N–H and O–H groups in total. The fraction of sp³-hybridized carbons (Fsp3) is 0.222. The molecule has 1 aromatic rings. The zero-order valence-corrected chi connectivity index (χ0v) is 7.91. The molecule has 0 heterocycles. The molecule has 0 saturated carbocycles. The van der Waals surface area contributed by atoms with Gasteiger partial charge in [0.15, 0.2) is 0 Å². The predicted octanol–water partition coefficient (Wildman–Crippen LogP) is 0.828. The minimum absolute atomic E-state index is 0.445. The Bertz CT molecular complexity index is 315. The second kappa shape index (κ2) is 5.21. The van der Waals surface area contributed by atoms with Gasteiger partial charge in [0.1, 0.15) is 0 Å². The smallest absolute Gasteiger partial charge is 0.333 e. The van der Waals surface area contributed by atoms with Gasteiger partial charge in [-0.3, -0.25) is 5.43 Å². The lowest BCUT2D eigenvalue weighted by atomic mass is 10.2. The first-order valence-electron chi connectivity index (χ1n) is 4.12. The molecule has 0 bridgehead atoms. The average molecular weight is 195 g/mol. The van der Waals surface area contributed by atoms with Crippen LogP contribution in [0.2, 0.25) is 0 Å². The van der Waals surface area contributed by atoms with Crippen LogP contribution in [0.4, 0.5) is 10.5 Å². The number of nitrogens with two attached hydrogens (primary N) is 1. The number of rotatable bonds is 3. The molecule has 0 aliphatic rings. The lowest BCUT2D eigenvalue weighted by molar-refractivity contribution is 0.185. The molecule has 0 aromatic heterocycles. The second-order valence-corrected chi connectivity index (χ2v) is 2.69. The molecular weight excluding hydrogens is 182 g/mol. The Hall–Kier alpha value is -1.59. The molecule has 0 fully saturated rings. The van der Waals surface area contributed by atoms with Crippen LogP contribution in [0.1, 0.15) is 5.56 Å². The van der Waals surface area contributed by atoms with E-state index in [0.29, 0.717) is 12.3 Å². The van der Waals surface area contributed by atoms with Gasteiger partial charge in [0.05, 0.1) is 6.61 Å². The minimum atomic E-state index is -0.450. The molecule has 2 amide bonds. The molecule has 76 valence electrons. The number of benzene rings is 1. The third-order valence-corrected chi connectivity index (χ3v) is 1.70. The third-order valence-electron chi connectivity index (χ3n) is 1.70. The maximum absolute atomic E-state index is 10.9. The lowest BCUT2D eigenvalue weighted by Crippen LogP contribution is -2.34. The molecule has 1 rings (SSSR count). The summed E-state index contributed by atoms with van der Waals surface area (Å²) in [4.78, 5) is 10.9. The van der Waals surface area contributed by atoms with E-state index in [0.717, 1.165) is 5.56 Å². The quantitative estimate of drug-likeness (QED) is 0.380. The molecular formula is C9H13N3O2. The first-order chi connectivity index (χ1) is 6.77. The summed E-state index contributed by atoms with van der Waals surface area (Å²) in [7, 11) is 1.60. The molecule has 0 aliphatic carbocycles. The van der Waals surface area contributed by atoms with E-state index in [1.165, 1.54) is 0 Å². The molecule has 0 unspecified atom stereocenters. The minimum Gasteiger partial charge on any atom is -0.380 e. The largest absolute Gasteiger partial charge is 0.380 e. The van der Waals surface area contributed by atoms with Crippen molar-refractivity contribution in [3.05, 3.63) is 29.8 Å². The van der Waals surface area contributed by atoms with E-state index in [4.69, 9.17) is 10.6 Å². The lowest BCUT2D eigenvalue weighted by Gasteiger charge is -2.09. The fourth-order valence-electron chi connectivity index (χ4n) is 1.08. The van der Waals surface area contributed by atoms with Gasteiger partial charge in [-0.1, -0.05) is 18.2 Å². The Labute approximate surface area is 82.2 Å². The van der Waals surface area contributed by atoms with Crippen LogP contribution in [-0.2, 0) is 11.3 Å². The van der Waals surface area contributed by atoms with Crippen molar-refractivity contribution in [2.45, 2.75) is 6.61 Å². The molecule has 0 radical (unpaired) electrons. The monoisotopic (exact) mass is 195 g/mol. The Morgan fingerprint density at radius 2 is 2.21 bits per heavy atom. The number of carbonyl (C=O) groups excluding carboxylic acids is 1. The number of para-hydroxylation sites is 1. The molecule has 5 heteroatoms. The van der Waals surface area contributed by atoms with Gasteiger partial charge >= 0.3 is 6.03 Å². The van der Waals surface area contributed by atoms with Crippen molar-refractivity contribution in [3.63, 3.8) is 0 Å². The molecule has 0 saturated heterocycles. The zero-order valence-electron chi connectivity index (χ0n) is 7.91. The normalized spacial score (nSPS) is 9.57. The van der Waals surface area contributed by atoms with Crippen molar-refractivity contribution in [1.82, 2.24) is 5.43 Å². The van der Waals surface area contributed by atoms with Gasteiger partial charge < -0.3 is 10.1 Å². The summed E-state index contributed by atoms with van der Waals surface area (Å²) in [5.74, 6) is 4.95. The first-order valence-corrected chi connectivity index (χ1v) is 4.12. The van der Waals surface area contributed by atoms with E-state index in [1.54, 1.807) is 13.2 Å². The van der Waals surface area contributed by atoms with Gasteiger partial charge in [-0.25, -0.2) is 10.6 Å². The van der Waals surface area contributed by atoms with Crippen LogP contribution in [0, 0.1) is 0 Å². The van der Waals surface area contributed by atoms with Gasteiger partial charge in [0.25, 0.3) is 0 Å². The van der Waals surface area contributed by atoms with Crippen LogP contribution < -0.4 is 16.6 Å². The molecule has 0 aliphatic heterocycles. The van der Waals surface area contributed by atoms with E-state index in [9.17, 15) is 4.79 Å². The Morgan fingerprint density at radius 1 is 1.50 bits per heavy atom. The molecule has 0 spiro atoms. The summed E-state index contributed by atoms with van der Waals surface area (Å²) in [5.41, 5.74) is 3.59. The summed E-state index contributed by atoms with van der Waals surface area (Å²) in [6, 6.07) is 6.90.